The maximum absolute atomic E-state index is 12.8. The molecule has 31 heavy (non-hydrogen) atoms. The van der Waals surface area contributed by atoms with Gasteiger partial charge in [-0.1, -0.05) is 24.3 Å². The number of carbonyl (C=O) groups excluding carboxylic acids is 2. The van der Waals surface area contributed by atoms with Crippen molar-refractivity contribution in [1.29, 1.82) is 0 Å². The van der Waals surface area contributed by atoms with Gasteiger partial charge < -0.3 is 9.88 Å². The number of rotatable bonds is 5. The van der Waals surface area contributed by atoms with Gasteiger partial charge in [-0.25, -0.2) is 4.98 Å². The first-order valence-electron chi connectivity index (χ1n) is 10.3. The van der Waals surface area contributed by atoms with Gasteiger partial charge in [-0.15, -0.1) is 22.7 Å². The Morgan fingerprint density at radius 1 is 1.13 bits per heavy atom. The van der Waals surface area contributed by atoms with E-state index in [1.807, 2.05) is 27.8 Å². The summed E-state index contributed by atoms with van der Waals surface area (Å²) in [6.07, 6.45) is 4.32. The molecule has 1 aliphatic rings. The molecular weight excluding hydrogens is 428 g/mol. The first-order valence-corrected chi connectivity index (χ1v) is 12.1. The monoisotopic (exact) mass is 450 g/mol. The van der Waals surface area contributed by atoms with Gasteiger partial charge in [-0.05, 0) is 41.8 Å². The number of hydrogen-bond acceptors (Lipinski definition) is 5. The third kappa shape index (κ3) is 4.26. The Labute approximate surface area is 187 Å². The maximum Gasteiger partial charge on any atom is 0.267 e. The van der Waals surface area contributed by atoms with E-state index in [0.29, 0.717) is 21.6 Å². The zero-order valence-corrected chi connectivity index (χ0v) is 18.5. The Kier molecular flexibility index (Phi) is 5.57. The van der Waals surface area contributed by atoms with Crippen LogP contribution < -0.4 is 5.32 Å². The SMILES string of the molecule is O=C(Nc1nc(CC(=O)N2CCC(c3c[nH]c4ccccc34)CC2)cs1)c1cccs1. The van der Waals surface area contributed by atoms with Gasteiger partial charge in [0.25, 0.3) is 5.91 Å². The minimum atomic E-state index is -0.165. The molecule has 1 aromatic carbocycles. The first-order chi connectivity index (χ1) is 15.2. The maximum atomic E-state index is 12.8. The number of nitrogens with zero attached hydrogens (tertiary/aromatic N) is 2. The summed E-state index contributed by atoms with van der Waals surface area (Å²) in [7, 11) is 0. The number of thiophene rings is 1. The van der Waals surface area contributed by atoms with E-state index in [0.717, 1.165) is 25.9 Å². The molecule has 6 nitrogen and oxygen atoms in total. The van der Waals surface area contributed by atoms with Crippen LogP contribution in [0.2, 0.25) is 0 Å². The van der Waals surface area contributed by atoms with Crippen LogP contribution in [-0.4, -0.2) is 39.8 Å². The number of carbonyl (C=O) groups is 2. The molecule has 8 heteroatoms. The van der Waals surface area contributed by atoms with Crippen LogP contribution in [0.4, 0.5) is 5.13 Å². The largest absolute Gasteiger partial charge is 0.361 e. The third-order valence-electron chi connectivity index (χ3n) is 5.76. The van der Waals surface area contributed by atoms with Gasteiger partial charge in [-0.3, -0.25) is 14.9 Å². The Balaban J connectivity index is 1.16. The molecular formula is C23H22N4O2S2. The molecule has 2 amide bonds. The van der Waals surface area contributed by atoms with Crippen LogP contribution in [0.1, 0.15) is 39.7 Å². The summed E-state index contributed by atoms with van der Waals surface area (Å²) in [6, 6.07) is 12.0. The molecule has 0 aliphatic carbocycles. The molecule has 1 fully saturated rings. The van der Waals surface area contributed by atoms with Gasteiger partial charge in [-0.2, -0.15) is 0 Å². The molecule has 0 spiro atoms. The zero-order valence-electron chi connectivity index (χ0n) is 16.8. The highest BCUT2D eigenvalue weighted by Gasteiger charge is 2.26. The Bertz CT molecular complexity index is 1200. The molecule has 0 radical (unpaired) electrons. The van der Waals surface area contributed by atoms with E-state index in [9.17, 15) is 9.59 Å². The normalized spacial score (nSPS) is 14.8. The fourth-order valence-electron chi connectivity index (χ4n) is 4.15. The van der Waals surface area contributed by atoms with Gasteiger partial charge in [0, 0.05) is 35.6 Å². The summed E-state index contributed by atoms with van der Waals surface area (Å²) in [5.74, 6) is 0.402. The van der Waals surface area contributed by atoms with Crippen LogP contribution >= 0.6 is 22.7 Å². The fraction of sp³-hybridized carbons (Fsp3) is 0.261. The zero-order chi connectivity index (χ0) is 21.2. The van der Waals surface area contributed by atoms with Crippen molar-refractivity contribution < 1.29 is 9.59 Å². The number of benzene rings is 1. The number of H-pyrrole nitrogens is 1. The van der Waals surface area contributed by atoms with Gasteiger partial charge in [0.05, 0.1) is 17.0 Å². The average Bonchev–Trinajstić information content (AvgIpc) is 3.55. The van der Waals surface area contributed by atoms with E-state index < -0.39 is 0 Å². The number of hydrogen-bond donors (Lipinski definition) is 2. The number of likely N-dealkylation sites (tertiary alicyclic amines) is 1. The minimum absolute atomic E-state index is 0.0961. The van der Waals surface area contributed by atoms with Gasteiger partial charge >= 0.3 is 0 Å². The number of fused-ring (bicyclic) bond motifs is 1. The van der Waals surface area contributed by atoms with E-state index in [2.05, 4.69) is 39.7 Å². The lowest BCUT2D eigenvalue weighted by Crippen LogP contribution is -2.38. The molecule has 0 saturated carbocycles. The van der Waals surface area contributed by atoms with Crippen LogP contribution in [0.15, 0.2) is 53.4 Å². The van der Waals surface area contributed by atoms with Crippen LogP contribution in [0.5, 0.6) is 0 Å². The van der Waals surface area contributed by atoms with Crippen molar-refractivity contribution in [3.63, 3.8) is 0 Å². The highest BCUT2D eigenvalue weighted by molar-refractivity contribution is 7.14. The molecule has 158 valence electrons. The van der Waals surface area contributed by atoms with Crippen LogP contribution in [0.25, 0.3) is 10.9 Å². The number of para-hydroxylation sites is 1. The van der Waals surface area contributed by atoms with Crippen molar-refractivity contribution in [2.45, 2.75) is 25.2 Å². The molecule has 0 bridgehead atoms. The molecule has 0 atom stereocenters. The average molecular weight is 451 g/mol. The molecule has 0 unspecified atom stereocenters. The first kappa shape index (κ1) is 20.0. The third-order valence-corrected chi connectivity index (χ3v) is 7.43. The molecule has 5 rings (SSSR count). The lowest BCUT2D eigenvalue weighted by atomic mass is 9.89. The van der Waals surface area contributed by atoms with E-state index in [1.54, 1.807) is 6.07 Å². The number of amides is 2. The van der Waals surface area contributed by atoms with Crippen molar-refractivity contribution in [2.24, 2.45) is 0 Å². The molecule has 4 heterocycles. The molecule has 1 aliphatic heterocycles. The number of aromatic amines is 1. The van der Waals surface area contributed by atoms with Crippen molar-refractivity contribution in [1.82, 2.24) is 14.9 Å². The highest BCUT2D eigenvalue weighted by atomic mass is 32.1. The Morgan fingerprint density at radius 3 is 2.77 bits per heavy atom. The Hall–Kier alpha value is -2.97. The number of anilines is 1. The summed E-state index contributed by atoms with van der Waals surface area (Å²) >= 11 is 2.74. The standard InChI is InChI=1S/C23H22N4O2S2/c28-21(12-16-14-31-23(25-16)26-22(29)20-6-3-11-30-20)27-9-7-15(8-10-27)18-13-24-19-5-2-1-4-17(18)19/h1-6,11,13-15,24H,7-10,12H2,(H,25,26,29). The summed E-state index contributed by atoms with van der Waals surface area (Å²) in [6.45, 7) is 1.52. The fourth-order valence-corrected chi connectivity index (χ4v) is 5.47. The van der Waals surface area contributed by atoms with E-state index in [-0.39, 0.29) is 18.2 Å². The van der Waals surface area contributed by atoms with E-state index in [4.69, 9.17) is 0 Å². The topological polar surface area (TPSA) is 78.1 Å². The second-order valence-electron chi connectivity index (χ2n) is 7.70. The molecule has 1 saturated heterocycles. The quantitative estimate of drug-likeness (QED) is 0.455. The highest BCUT2D eigenvalue weighted by Crippen LogP contribution is 2.33. The van der Waals surface area contributed by atoms with E-state index >= 15 is 0 Å². The van der Waals surface area contributed by atoms with Crippen LogP contribution in [0, 0.1) is 0 Å². The second-order valence-corrected chi connectivity index (χ2v) is 9.50. The van der Waals surface area contributed by atoms with Crippen LogP contribution in [-0.2, 0) is 11.2 Å². The van der Waals surface area contributed by atoms with Gasteiger partial charge in [0.15, 0.2) is 5.13 Å². The molecule has 3 aromatic heterocycles. The number of piperidine rings is 1. The molecule has 4 aromatic rings. The van der Waals surface area contributed by atoms with Crippen molar-refractivity contribution in [3.05, 3.63) is 69.5 Å². The minimum Gasteiger partial charge on any atom is -0.361 e. The van der Waals surface area contributed by atoms with Crippen LogP contribution in [0.3, 0.4) is 0 Å². The lowest BCUT2D eigenvalue weighted by Gasteiger charge is -2.32. The number of thiazole rings is 1. The smallest absolute Gasteiger partial charge is 0.267 e. The summed E-state index contributed by atoms with van der Waals surface area (Å²) in [4.78, 5) is 35.3. The number of nitrogens with one attached hydrogen (secondary N) is 2. The summed E-state index contributed by atoms with van der Waals surface area (Å²) in [5.41, 5.74) is 3.23. The van der Waals surface area contributed by atoms with Gasteiger partial charge in [0.1, 0.15) is 0 Å². The van der Waals surface area contributed by atoms with E-state index in [1.165, 1.54) is 39.1 Å². The molecule has 2 N–H and O–H groups in total. The predicted octanol–water partition coefficient (Wildman–Crippen LogP) is 4.89. The predicted molar refractivity (Wildman–Crippen MR) is 125 cm³/mol. The van der Waals surface area contributed by atoms with Crippen molar-refractivity contribution in [2.75, 3.05) is 18.4 Å². The van der Waals surface area contributed by atoms with Crippen molar-refractivity contribution in [3.8, 4) is 0 Å². The summed E-state index contributed by atoms with van der Waals surface area (Å²) < 4.78 is 0. The lowest BCUT2D eigenvalue weighted by molar-refractivity contribution is -0.131. The van der Waals surface area contributed by atoms with Gasteiger partial charge in [0.2, 0.25) is 5.91 Å². The second kappa shape index (κ2) is 8.64. The summed E-state index contributed by atoms with van der Waals surface area (Å²) in [5, 5.41) is 8.33. The van der Waals surface area contributed by atoms with Crippen molar-refractivity contribution >= 4 is 50.5 Å². The number of aromatic nitrogens is 2. The Morgan fingerprint density at radius 2 is 1.97 bits per heavy atom.